The van der Waals surface area contributed by atoms with E-state index < -0.39 is 0 Å². The van der Waals surface area contributed by atoms with Gasteiger partial charge in [0.1, 0.15) is 0 Å². The van der Waals surface area contributed by atoms with Crippen LogP contribution in [0, 0.1) is 0 Å². The Bertz CT molecular complexity index is 579. The molecule has 3 heteroatoms. The van der Waals surface area contributed by atoms with E-state index in [0.717, 1.165) is 13.1 Å². The number of hydrogen-bond acceptors (Lipinski definition) is 1. The summed E-state index contributed by atoms with van der Waals surface area (Å²) in [6.45, 7) is 3.37. The summed E-state index contributed by atoms with van der Waals surface area (Å²) in [4.78, 5) is 13.1. The highest BCUT2D eigenvalue weighted by Gasteiger charge is 2.31. The lowest BCUT2D eigenvalue weighted by Gasteiger charge is -2.38. The van der Waals surface area contributed by atoms with Crippen LogP contribution in [0.2, 0.25) is 0 Å². The van der Waals surface area contributed by atoms with Crippen LogP contribution in [0.15, 0.2) is 30.5 Å². The Balaban J connectivity index is 1.95. The van der Waals surface area contributed by atoms with Gasteiger partial charge in [-0.25, -0.2) is 0 Å². The van der Waals surface area contributed by atoms with Crippen LogP contribution in [0.3, 0.4) is 0 Å². The third-order valence-corrected chi connectivity index (χ3v) is 3.69. The summed E-state index contributed by atoms with van der Waals surface area (Å²) in [5, 5.41) is 1.32. The summed E-state index contributed by atoms with van der Waals surface area (Å²) in [5.41, 5.74) is 2.64. The zero-order valence-corrected chi connectivity index (χ0v) is 10.2. The molecule has 2 aromatic rings. The molecule has 1 aromatic heterocycles. The summed E-state index contributed by atoms with van der Waals surface area (Å²) in [7, 11) is 2.08. The van der Waals surface area contributed by atoms with Crippen molar-refractivity contribution in [2.24, 2.45) is 7.05 Å². The van der Waals surface area contributed by atoms with Crippen LogP contribution in [-0.2, 0) is 11.8 Å². The number of likely N-dealkylation sites (tertiary alicyclic amines) is 1. The zero-order chi connectivity index (χ0) is 12.0. The number of aryl methyl sites for hydroxylation is 1. The minimum Gasteiger partial charge on any atom is -0.350 e. The molecule has 88 valence electrons. The van der Waals surface area contributed by atoms with Crippen LogP contribution in [-0.4, -0.2) is 28.5 Å². The lowest BCUT2D eigenvalue weighted by atomic mass is 9.91. The summed E-state index contributed by atoms with van der Waals surface area (Å²) in [6.07, 6.45) is 2.20. The Labute approximate surface area is 101 Å². The second kappa shape index (κ2) is 3.62. The molecule has 0 unspecified atom stereocenters. The molecule has 3 nitrogen and oxygen atoms in total. The standard InChI is InChI=1S/C14H16N2O/c1-10(17)16-7-11(8-16)13-9-15(2)14-6-4-3-5-12(13)14/h3-6,9,11H,7-8H2,1-2H3. The highest BCUT2D eigenvalue weighted by atomic mass is 16.2. The Hall–Kier alpha value is -1.77. The number of nitrogens with zero attached hydrogens (tertiary/aromatic N) is 2. The van der Waals surface area contributed by atoms with Crippen molar-refractivity contribution in [2.45, 2.75) is 12.8 Å². The van der Waals surface area contributed by atoms with E-state index in [2.05, 4.69) is 42.1 Å². The molecular weight excluding hydrogens is 212 g/mol. The Kier molecular flexibility index (Phi) is 2.21. The van der Waals surface area contributed by atoms with Crippen LogP contribution in [0.25, 0.3) is 10.9 Å². The highest BCUT2D eigenvalue weighted by molar-refractivity contribution is 5.85. The fraction of sp³-hybridized carbons (Fsp3) is 0.357. The molecule has 0 bridgehead atoms. The van der Waals surface area contributed by atoms with E-state index in [0.29, 0.717) is 5.92 Å². The molecular formula is C14H16N2O. The van der Waals surface area contributed by atoms with Crippen LogP contribution in [0.5, 0.6) is 0 Å². The molecule has 0 saturated carbocycles. The van der Waals surface area contributed by atoms with Crippen LogP contribution < -0.4 is 0 Å². The topological polar surface area (TPSA) is 25.2 Å². The van der Waals surface area contributed by atoms with Crippen LogP contribution >= 0.6 is 0 Å². The number of carbonyl (C=O) groups is 1. The molecule has 0 spiro atoms. The summed E-state index contributed by atoms with van der Waals surface area (Å²) in [6, 6.07) is 8.45. The van der Waals surface area contributed by atoms with Gasteiger partial charge in [0, 0.05) is 50.1 Å². The van der Waals surface area contributed by atoms with Gasteiger partial charge in [-0.15, -0.1) is 0 Å². The van der Waals surface area contributed by atoms with Gasteiger partial charge in [-0.2, -0.15) is 0 Å². The van der Waals surface area contributed by atoms with E-state index in [1.165, 1.54) is 16.5 Å². The monoisotopic (exact) mass is 228 g/mol. The number of aromatic nitrogens is 1. The van der Waals surface area contributed by atoms with Gasteiger partial charge in [0.05, 0.1) is 0 Å². The van der Waals surface area contributed by atoms with Crippen LogP contribution in [0.1, 0.15) is 18.4 Å². The van der Waals surface area contributed by atoms with Gasteiger partial charge in [-0.05, 0) is 11.6 Å². The number of fused-ring (bicyclic) bond motifs is 1. The van der Waals surface area contributed by atoms with Gasteiger partial charge >= 0.3 is 0 Å². The largest absolute Gasteiger partial charge is 0.350 e. The van der Waals surface area contributed by atoms with E-state index >= 15 is 0 Å². The van der Waals surface area contributed by atoms with E-state index in [1.54, 1.807) is 6.92 Å². The Morgan fingerprint density at radius 1 is 1.29 bits per heavy atom. The Morgan fingerprint density at radius 2 is 2.00 bits per heavy atom. The van der Waals surface area contributed by atoms with Crippen molar-refractivity contribution in [1.82, 2.24) is 9.47 Å². The van der Waals surface area contributed by atoms with E-state index in [-0.39, 0.29) is 5.91 Å². The van der Waals surface area contributed by atoms with Gasteiger partial charge in [-0.1, -0.05) is 18.2 Å². The Morgan fingerprint density at radius 3 is 2.71 bits per heavy atom. The molecule has 1 aliphatic rings. The molecule has 1 amide bonds. The van der Waals surface area contributed by atoms with Gasteiger partial charge in [0.25, 0.3) is 0 Å². The third-order valence-electron chi connectivity index (χ3n) is 3.69. The van der Waals surface area contributed by atoms with Crippen molar-refractivity contribution in [3.63, 3.8) is 0 Å². The first-order chi connectivity index (χ1) is 8.16. The average molecular weight is 228 g/mol. The SMILES string of the molecule is CC(=O)N1CC(c2cn(C)c3ccccc23)C1. The van der Waals surface area contributed by atoms with E-state index in [9.17, 15) is 4.79 Å². The number of carbonyl (C=O) groups excluding carboxylic acids is 1. The number of rotatable bonds is 1. The molecule has 0 radical (unpaired) electrons. The maximum Gasteiger partial charge on any atom is 0.219 e. The number of amides is 1. The average Bonchev–Trinajstić information content (AvgIpc) is 2.55. The number of benzene rings is 1. The normalized spacial score (nSPS) is 16.2. The molecule has 1 aliphatic heterocycles. The van der Waals surface area contributed by atoms with Gasteiger partial charge < -0.3 is 9.47 Å². The van der Waals surface area contributed by atoms with Gasteiger partial charge in [0.2, 0.25) is 5.91 Å². The van der Waals surface area contributed by atoms with Crippen molar-refractivity contribution in [3.8, 4) is 0 Å². The fourth-order valence-corrected chi connectivity index (χ4v) is 2.63. The molecule has 0 atom stereocenters. The number of para-hydroxylation sites is 1. The molecule has 0 N–H and O–H groups in total. The third kappa shape index (κ3) is 1.54. The predicted molar refractivity (Wildman–Crippen MR) is 67.9 cm³/mol. The van der Waals surface area contributed by atoms with Crippen LogP contribution in [0.4, 0.5) is 0 Å². The smallest absolute Gasteiger partial charge is 0.219 e. The van der Waals surface area contributed by atoms with Crippen molar-refractivity contribution >= 4 is 16.8 Å². The maximum atomic E-state index is 11.2. The molecule has 1 aromatic carbocycles. The zero-order valence-electron chi connectivity index (χ0n) is 10.2. The van der Waals surface area contributed by atoms with E-state index in [4.69, 9.17) is 0 Å². The van der Waals surface area contributed by atoms with E-state index in [1.807, 2.05) is 4.90 Å². The molecule has 17 heavy (non-hydrogen) atoms. The number of hydrogen-bond donors (Lipinski definition) is 0. The lowest BCUT2D eigenvalue weighted by Crippen LogP contribution is -2.47. The lowest BCUT2D eigenvalue weighted by molar-refractivity contribution is -0.133. The summed E-state index contributed by atoms with van der Waals surface area (Å²) < 4.78 is 2.17. The predicted octanol–water partition coefficient (Wildman–Crippen LogP) is 2.12. The first kappa shape index (κ1) is 10.4. The quantitative estimate of drug-likeness (QED) is 0.734. The van der Waals surface area contributed by atoms with Crippen molar-refractivity contribution in [3.05, 3.63) is 36.0 Å². The first-order valence-electron chi connectivity index (χ1n) is 5.96. The second-order valence-corrected chi connectivity index (χ2v) is 4.83. The van der Waals surface area contributed by atoms with Gasteiger partial charge in [-0.3, -0.25) is 4.79 Å². The van der Waals surface area contributed by atoms with Crippen molar-refractivity contribution < 1.29 is 4.79 Å². The minimum absolute atomic E-state index is 0.182. The van der Waals surface area contributed by atoms with Crippen molar-refractivity contribution in [1.29, 1.82) is 0 Å². The molecule has 1 fully saturated rings. The highest BCUT2D eigenvalue weighted by Crippen LogP contribution is 2.33. The summed E-state index contributed by atoms with van der Waals surface area (Å²) >= 11 is 0. The summed E-state index contributed by atoms with van der Waals surface area (Å²) in [5.74, 6) is 0.687. The maximum absolute atomic E-state index is 11.2. The first-order valence-corrected chi connectivity index (χ1v) is 5.96. The second-order valence-electron chi connectivity index (χ2n) is 4.83. The minimum atomic E-state index is 0.182. The van der Waals surface area contributed by atoms with Gasteiger partial charge in [0.15, 0.2) is 0 Å². The molecule has 2 heterocycles. The van der Waals surface area contributed by atoms with Crippen molar-refractivity contribution in [2.75, 3.05) is 13.1 Å². The molecule has 3 rings (SSSR count). The molecule has 0 aliphatic carbocycles. The molecule has 1 saturated heterocycles. The fourth-order valence-electron chi connectivity index (χ4n) is 2.63.